The van der Waals surface area contributed by atoms with Gasteiger partial charge in [0.25, 0.3) is 0 Å². The molecule has 0 spiro atoms. The van der Waals surface area contributed by atoms with Crippen LogP contribution in [0.15, 0.2) is 18.2 Å². The molecule has 0 unspecified atom stereocenters. The molecular formula is C14H16ClNO2. The number of hydrogen-bond acceptors (Lipinski definition) is 3. The molecule has 1 saturated carbocycles. The van der Waals surface area contributed by atoms with Crippen molar-refractivity contribution in [2.75, 3.05) is 6.61 Å². The smallest absolute Gasteiger partial charge is 0.138 e. The number of benzene rings is 1. The van der Waals surface area contributed by atoms with Crippen molar-refractivity contribution in [3.8, 4) is 11.8 Å². The Labute approximate surface area is 112 Å². The number of rotatable bonds is 3. The van der Waals surface area contributed by atoms with Gasteiger partial charge in [-0.05, 0) is 25.0 Å². The summed E-state index contributed by atoms with van der Waals surface area (Å²) in [6.07, 6.45) is 4.74. The van der Waals surface area contributed by atoms with Crippen molar-refractivity contribution in [3.63, 3.8) is 0 Å². The zero-order valence-electron chi connectivity index (χ0n) is 10.2. The summed E-state index contributed by atoms with van der Waals surface area (Å²) in [7, 11) is 0. The van der Waals surface area contributed by atoms with Gasteiger partial charge in [0.1, 0.15) is 18.4 Å². The number of aliphatic hydroxyl groups is 1. The minimum absolute atomic E-state index is 0.224. The zero-order chi connectivity index (χ0) is 13.0. The van der Waals surface area contributed by atoms with E-state index >= 15 is 0 Å². The van der Waals surface area contributed by atoms with Crippen LogP contribution in [0.5, 0.6) is 5.75 Å². The second kappa shape index (κ2) is 5.60. The van der Waals surface area contributed by atoms with Crippen molar-refractivity contribution >= 4 is 11.6 Å². The Kier molecular flexibility index (Phi) is 4.11. The second-order valence-corrected chi connectivity index (χ2v) is 5.26. The van der Waals surface area contributed by atoms with Crippen molar-refractivity contribution in [2.24, 2.45) is 0 Å². The SMILES string of the molecule is N#Cc1ccc(Cl)cc1OCC1(O)CCCCC1. The zero-order valence-corrected chi connectivity index (χ0v) is 10.9. The van der Waals surface area contributed by atoms with E-state index in [1.807, 2.05) is 0 Å². The van der Waals surface area contributed by atoms with Crippen LogP contribution in [0.4, 0.5) is 0 Å². The van der Waals surface area contributed by atoms with Crippen LogP contribution in [0.1, 0.15) is 37.7 Å². The average Bonchev–Trinajstić information content (AvgIpc) is 2.38. The van der Waals surface area contributed by atoms with Gasteiger partial charge in [-0.2, -0.15) is 5.26 Å². The third-order valence-electron chi connectivity index (χ3n) is 3.34. The molecule has 3 nitrogen and oxygen atoms in total. The lowest BCUT2D eigenvalue weighted by atomic mass is 9.85. The van der Waals surface area contributed by atoms with Crippen molar-refractivity contribution in [1.82, 2.24) is 0 Å². The molecule has 2 rings (SSSR count). The van der Waals surface area contributed by atoms with Crippen LogP contribution in [0.2, 0.25) is 5.02 Å². The average molecular weight is 266 g/mol. The second-order valence-electron chi connectivity index (χ2n) is 4.83. The number of nitriles is 1. The van der Waals surface area contributed by atoms with Crippen molar-refractivity contribution < 1.29 is 9.84 Å². The third kappa shape index (κ3) is 3.16. The maximum absolute atomic E-state index is 10.3. The van der Waals surface area contributed by atoms with Crippen LogP contribution in [-0.2, 0) is 0 Å². The van der Waals surface area contributed by atoms with Crippen LogP contribution in [0.3, 0.4) is 0 Å². The molecule has 1 fully saturated rings. The first-order valence-corrected chi connectivity index (χ1v) is 6.56. The van der Waals surface area contributed by atoms with Gasteiger partial charge in [0.05, 0.1) is 11.2 Å². The molecule has 1 aromatic carbocycles. The largest absolute Gasteiger partial charge is 0.489 e. The van der Waals surface area contributed by atoms with E-state index in [1.54, 1.807) is 18.2 Å². The predicted octanol–water partition coefficient (Wildman–Crippen LogP) is 3.29. The lowest BCUT2D eigenvalue weighted by Gasteiger charge is -2.31. The first kappa shape index (κ1) is 13.2. The Morgan fingerprint density at radius 3 is 2.72 bits per heavy atom. The van der Waals surface area contributed by atoms with Gasteiger partial charge in [-0.25, -0.2) is 0 Å². The minimum atomic E-state index is -0.757. The van der Waals surface area contributed by atoms with Gasteiger partial charge in [0.2, 0.25) is 0 Å². The molecule has 0 radical (unpaired) electrons. The van der Waals surface area contributed by atoms with Gasteiger partial charge in [0, 0.05) is 11.1 Å². The Hall–Kier alpha value is -1.24. The van der Waals surface area contributed by atoms with Gasteiger partial charge in [-0.3, -0.25) is 0 Å². The number of nitrogens with zero attached hydrogens (tertiary/aromatic N) is 1. The van der Waals surface area contributed by atoms with E-state index in [2.05, 4.69) is 6.07 Å². The Bertz CT molecular complexity index is 461. The summed E-state index contributed by atoms with van der Waals surface area (Å²) in [6.45, 7) is 0.224. The molecule has 4 heteroatoms. The Morgan fingerprint density at radius 1 is 1.33 bits per heavy atom. The summed E-state index contributed by atoms with van der Waals surface area (Å²) in [5.41, 5.74) is -0.313. The van der Waals surface area contributed by atoms with Crippen LogP contribution < -0.4 is 4.74 Å². The van der Waals surface area contributed by atoms with Gasteiger partial charge < -0.3 is 9.84 Å². The molecule has 1 aliphatic rings. The first-order chi connectivity index (χ1) is 8.63. The fourth-order valence-corrected chi connectivity index (χ4v) is 2.44. The lowest BCUT2D eigenvalue weighted by molar-refractivity contribution is -0.0339. The Morgan fingerprint density at radius 2 is 2.06 bits per heavy atom. The molecule has 0 heterocycles. The quantitative estimate of drug-likeness (QED) is 0.912. The van der Waals surface area contributed by atoms with E-state index in [4.69, 9.17) is 21.6 Å². The molecule has 0 atom stereocenters. The predicted molar refractivity (Wildman–Crippen MR) is 69.7 cm³/mol. The number of hydrogen-bond donors (Lipinski definition) is 1. The van der Waals surface area contributed by atoms with Crippen molar-refractivity contribution in [1.29, 1.82) is 5.26 Å². The summed E-state index contributed by atoms with van der Waals surface area (Å²) in [6, 6.07) is 6.96. The molecule has 0 amide bonds. The van der Waals surface area contributed by atoms with Crippen LogP contribution in [0, 0.1) is 11.3 Å². The van der Waals surface area contributed by atoms with E-state index in [0.29, 0.717) is 16.3 Å². The first-order valence-electron chi connectivity index (χ1n) is 6.18. The summed E-state index contributed by atoms with van der Waals surface area (Å²) in [5.74, 6) is 0.448. The fraction of sp³-hybridized carbons (Fsp3) is 0.500. The van der Waals surface area contributed by atoms with E-state index in [0.717, 1.165) is 25.7 Å². The molecule has 1 N–H and O–H groups in total. The Balaban J connectivity index is 2.05. The third-order valence-corrected chi connectivity index (χ3v) is 3.58. The van der Waals surface area contributed by atoms with Gasteiger partial charge in [-0.1, -0.05) is 30.9 Å². The number of ether oxygens (including phenoxy) is 1. The van der Waals surface area contributed by atoms with E-state index < -0.39 is 5.60 Å². The minimum Gasteiger partial charge on any atom is -0.489 e. The molecule has 1 aromatic rings. The highest BCUT2D eigenvalue weighted by atomic mass is 35.5. The van der Waals surface area contributed by atoms with Gasteiger partial charge >= 0.3 is 0 Å². The normalized spacial score (nSPS) is 18.1. The lowest BCUT2D eigenvalue weighted by Crippen LogP contribution is -2.38. The highest BCUT2D eigenvalue weighted by Crippen LogP contribution is 2.30. The summed E-state index contributed by atoms with van der Waals surface area (Å²) >= 11 is 5.88. The molecule has 0 aliphatic heterocycles. The molecule has 0 saturated heterocycles. The molecule has 18 heavy (non-hydrogen) atoms. The van der Waals surface area contributed by atoms with Crippen LogP contribution >= 0.6 is 11.6 Å². The van der Waals surface area contributed by atoms with Crippen molar-refractivity contribution in [2.45, 2.75) is 37.7 Å². The summed E-state index contributed by atoms with van der Waals surface area (Å²) in [5, 5.41) is 19.8. The molecular weight excluding hydrogens is 250 g/mol. The molecule has 0 bridgehead atoms. The number of halogens is 1. The van der Waals surface area contributed by atoms with Gasteiger partial charge in [0.15, 0.2) is 0 Å². The monoisotopic (exact) mass is 265 g/mol. The van der Waals surface area contributed by atoms with Crippen LogP contribution in [0.25, 0.3) is 0 Å². The molecule has 0 aromatic heterocycles. The highest BCUT2D eigenvalue weighted by molar-refractivity contribution is 6.30. The van der Waals surface area contributed by atoms with E-state index in [9.17, 15) is 5.11 Å². The topological polar surface area (TPSA) is 53.2 Å². The molecule has 1 aliphatic carbocycles. The van der Waals surface area contributed by atoms with E-state index in [1.165, 1.54) is 6.42 Å². The maximum Gasteiger partial charge on any atom is 0.138 e. The van der Waals surface area contributed by atoms with Gasteiger partial charge in [-0.15, -0.1) is 0 Å². The summed E-state index contributed by atoms with van der Waals surface area (Å²) < 4.78 is 5.59. The summed E-state index contributed by atoms with van der Waals surface area (Å²) in [4.78, 5) is 0. The van der Waals surface area contributed by atoms with Crippen LogP contribution in [-0.4, -0.2) is 17.3 Å². The van der Waals surface area contributed by atoms with Crippen molar-refractivity contribution in [3.05, 3.63) is 28.8 Å². The standard InChI is InChI=1S/C14H16ClNO2/c15-12-5-4-11(9-16)13(8-12)18-10-14(17)6-2-1-3-7-14/h4-5,8,17H,1-3,6-7,10H2. The molecule has 96 valence electrons. The fourth-order valence-electron chi connectivity index (χ4n) is 2.27. The van der Waals surface area contributed by atoms with E-state index in [-0.39, 0.29) is 6.61 Å². The maximum atomic E-state index is 10.3. The highest BCUT2D eigenvalue weighted by Gasteiger charge is 2.30.